The summed E-state index contributed by atoms with van der Waals surface area (Å²) < 4.78 is 0.802. The summed E-state index contributed by atoms with van der Waals surface area (Å²) in [6, 6.07) is 9.36. The molecule has 1 unspecified atom stereocenters. The third-order valence-corrected chi connectivity index (χ3v) is 4.16. The van der Waals surface area contributed by atoms with Gasteiger partial charge in [0.05, 0.1) is 0 Å². The van der Waals surface area contributed by atoms with Crippen molar-refractivity contribution in [3.05, 3.63) is 55.6 Å². The van der Waals surface area contributed by atoms with Crippen LogP contribution in [0, 0.1) is 0 Å². The van der Waals surface area contributed by atoms with E-state index in [2.05, 4.69) is 27.3 Å². The van der Waals surface area contributed by atoms with Crippen molar-refractivity contribution < 1.29 is 4.79 Å². The Morgan fingerprint density at radius 3 is 2.89 bits per heavy atom. The fourth-order valence-corrected chi connectivity index (χ4v) is 3.47. The van der Waals surface area contributed by atoms with E-state index >= 15 is 0 Å². The van der Waals surface area contributed by atoms with Crippen LogP contribution in [-0.2, 0) is 6.42 Å². The monoisotopic (exact) mass is 357 g/mol. The molecule has 1 heterocycles. The molecular weight excluding hydrogens is 346 g/mol. The molecule has 19 heavy (non-hydrogen) atoms. The third-order valence-electron chi connectivity index (χ3n) is 2.59. The normalized spacial score (nSPS) is 12.2. The maximum absolute atomic E-state index is 12.1. The lowest BCUT2D eigenvalue weighted by Crippen LogP contribution is -2.33. The fourth-order valence-electron chi connectivity index (χ4n) is 1.77. The summed E-state index contributed by atoms with van der Waals surface area (Å²) >= 11 is 11.0. The van der Waals surface area contributed by atoms with E-state index in [1.54, 1.807) is 29.5 Å². The zero-order valence-corrected chi connectivity index (χ0v) is 13.5. The van der Waals surface area contributed by atoms with E-state index in [1.807, 2.05) is 18.4 Å². The van der Waals surface area contributed by atoms with Gasteiger partial charge in [-0.2, -0.15) is 0 Å². The van der Waals surface area contributed by atoms with Crippen LogP contribution < -0.4 is 5.32 Å². The summed E-state index contributed by atoms with van der Waals surface area (Å²) in [5.74, 6) is -0.104. The van der Waals surface area contributed by atoms with Crippen molar-refractivity contribution in [2.45, 2.75) is 19.4 Å². The van der Waals surface area contributed by atoms with E-state index in [9.17, 15) is 4.79 Å². The Morgan fingerprint density at radius 1 is 1.47 bits per heavy atom. The molecule has 2 nitrogen and oxygen atoms in total. The molecule has 5 heteroatoms. The highest BCUT2D eigenvalue weighted by atomic mass is 79.9. The Kier molecular flexibility index (Phi) is 5.02. The van der Waals surface area contributed by atoms with Crippen molar-refractivity contribution in [1.29, 1.82) is 0 Å². The number of thiophene rings is 1. The number of halogens is 2. The first-order valence-corrected chi connectivity index (χ1v) is 7.89. The maximum Gasteiger partial charge on any atom is 0.251 e. The van der Waals surface area contributed by atoms with Crippen LogP contribution in [0.5, 0.6) is 0 Å². The summed E-state index contributed by atoms with van der Waals surface area (Å²) in [5, 5.41) is 5.56. The molecule has 0 aliphatic rings. The van der Waals surface area contributed by atoms with Crippen LogP contribution in [0.2, 0.25) is 5.02 Å². The topological polar surface area (TPSA) is 29.1 Å². The van der Waals surface area contributed by atoms with Crippen LogP contribution in [0.1, 0.15) is 22.2 Å². The number of amides is 1. The lowest BCUT2D eigenvalue weighted by Gasteiger charge is -2.13. The molecule has 1 N–H and O–H groups in total. The van der Waals surface area contributed by atoms with Gasteiger partial charge in [0.25, 0.3) is 5.91 Å². The van der Waals surface area contributed by atoms with Crippen LogP contribution in [0.15, 0.2) is 40.2 Å². The zero-order chi connectivity index (χ0) is 13.8. The second-order valence-electron chi connectivity index (χ2n) is 4.32. The average molecular weight is 359 g/mol. The Labute approximate surface area is 129 Å². The minimum Gasteiger partial charge on any atom is -0.349 e. The van der Waals surface area contributed by atoms with Gasteiger partial charge < -0.3 is 5.32 Å². The third kappa shape index (κ3) is 4.34. The molecule has 1 amide bonds. The lowest BCUT2D eigenvalue weighted by molar-refractivity contribution is 0.0940. The largest absolute Gasteiger partial charge is 0.349 e. The van der Waals surface area contributed by atoms with Crippen LogP contribution >= 0.6 is 38.9 Å². The lowest BCUT2D eigenvalue weighted by atomic mass is 10.1. The second-order valence-corrected chi connectivity index (χ2v) is 6.70. The Bertz CT molecular complexity index is 551. The summed E-state index contributed by atoms with van der Waals surface area (Å²) in [6.07, 6.45) is 0.838. The maximum atomic E-state index is 12.1. The molecule has 0 aliphatic carbocycles. The first-order chi connectivity index (χ1) is 9.04. The molecule has 0 saturated carbocycles. The van der Waals surface area contributed by atoms with Gasteiger partial charge in [-0.3, -0.25) is 4.79 Å². The second kappa shape index (κ2) is 6.55. The van der Waals surface area contributed by atoms with Gasteiger partial charge in [-0.05, 0) is 36.6 Å². The molecule has 1 atom stereocenters. The number of hydrogen-bond acceptors (Lipinski definition) is 2. The Hall–Kier alpha value is -0.840. The Balaban J connectivity index is 2.00. The smallest absolute Gasteiger partial charge is 0.251 e. The Morgan fingerprint density at radius 2 is 2.26 bits per heavy atom. The molecule has 2 rings (SSSR count). The number of carbonyl (C=O) groups is 1. The number of carbonyl (C=O) groups excluding carboxylic acids is 1. The van der Waals surface area contributed by atoms with Crippen LogP contribution in [-0.4, -0.2) is 11.9 Å². The molecule has 0 spiro atoms. The van der Waals surface area contributed by atoms with Crippen molar-refractivity contribution >= 4 is 44.8 Å². The molecule has 2 aromatic rings. The van der Waals surface area contributed by atoms with Gasteiger partial charge in [0, 0.05) is 32.4 Å². The molecule has 0 saturated heterocycles. The number of benzene rings is 1. The van der Waals surface area contributed by atoms with Gasteiger partial charge in [-0.1, -0.05) is 33.6 Å². The van der Waals surface area contributed by atoms with Crippen molar-refractivity contribution in [2.24, 2.45) is 0 Å². The zero-order valence-electron chi connectivity index (χ0n) is 10.3. The first-order valence-electron chi connectivity index (χ1n) is 5.84. The van der Waals surface area contributed by atoms with Crippen LogP contribution in [0.3, 0.4) is 0 Å². The summed E-state index contributed by atoms with van der Waals surface area (Å²) in [5.41, 5.74) is 0.567. The van der Waals surface area contributed by atoms with Gasteiger partial charge in [-0.15, -0.1) is 11.3 Å². The van der Waals surface area contributed by atoms with Crippen molar-refractivity contribution in [3.63, 3.8) is 0 Å². The van der Waals surface area contributed by atoms with Gasteiger partial charge >= 0.3 is 0 Å². The van der Waals surface area contributed by atoms with Crippen molar-refractivity contribution in [3.8, 4) is 0 Å². The summed E-state index contributed by atoms with van der Waals surface area (Å²) in [6.45, 7) is 2.00. The molecular formula is C14H13BrClNOS. The molecule has 0 aliphatic heterocycles. The number of nitrogens with one attached hydrogen (secondary N) is 1. The van der Waals surface area contributed by atoms with E-state index in [4.69, 9.17) is 11.6 Å². The highest BCUT2D eigenvalue weighted by Gasteiger charge is 2.12. The molecule has 0 radical (unpaired) electrons. The van der Waals surface area contributed by atoms with Crippen molar-refractivity contribution in [1.82, 2.24) is 5.32 Å². The predicted octanol–water partition coefficient (Wildman–Crippen LogP) is 4.53. The van der Waals surface area contributed by atoms with E-state index in [0.717, 1.165) is 10.9 Å². The van der Waals surface area contributed by atoms with E-state index in [0.29, 0.717) is 10.6 Å². The first kappa shape index (κ1) is 14.6. The molecule has 1 aromatic carbocycles. The highest BCUT2D eigenvalue weighted by molar-refractivity contribution is 9.10. The average Bonchev–Trinajstić information content (AvgIpc) is 2.80. The molecule has 1 aromatic heterocycles. The fraction of sp³-hybridized carbons (Fsp3) is 0.214. The van der Waals surface area contributed by atoms with Gasteiger partial charge in [0.15, 0.2) is 0 Å². The molecule has 100 valence electrons. The molecule has 0 fully saturated rings. The van der Waals surface area contributed by atoms with Crippen molar-refractivity contribution in [2.75, 3.05) is 0 Å². The summed E-state index contributed by atoms with van der Waals surface area (Å²) in [7, 11) is 0. The van der Waals surface area contributed by atoms with E-state index < -0.39 is 0 Å². The number of hydrogen-bond donors (Lipinski definition) is 1. The minimum absolute atomic E-state index is 0.0870. The standard InChI is InChI=1S/C14H13BrClNOS/c1-9(5-13-3-2-4-19-13)17-14(18)10-6-11(15)8-12(16)7-10/h2-4,6-9H,5H2,1H3,(H,17,18). The van der Waals surface area contributed by atoms with Gasteiger partial charge in [-0.25, -0.2) is 0 Å². The van der Waals surface area contributed by atoms with Gasteiger partial charge in [0.2, 0.25) is 0 Å². The van der Waals surface area contributed by atoms with Crippen LogP contribution in [0.4, 0.5) is 0 Å². The van der Waals surface area contributed by atoms with Gasteiger partial charge in [0.1, 0.15) is 0 Å². The minimum atomic E-state index is -0.104. The molecule has 0 bridgehead atoms. The van der Waals surface area contributed by atoms with E-state index in [-0.39, 0.29) is 11.9 Å². The summed E-state index contributed by atoms with van der Waals surface area (Å²) in [4.78, 5) is 13.4. The van der Waals surface area contributed by atoms with E-state index in [1.165, 1.54) is 4.88 Å². The quantitative estimate of drug-likeness (QED) is 0.855. The SMILES string of the molecule is CC(Cc1cccs1)NC(=O)c1cc(Cl)cc(Br)c1. The number of rotatable bonds is 4. The highest BCUT2D eigenvalue weighted by Crippen LogP contribution is 2.19. The predicted molar refractivity (Wildman–Crippen MR) is 84.1 cm³/mol. The van der Waals surface area contributed by atoms with Crippen LogP contribution in [0.25, 0.3) is 0 Å².